The molecule has 0 heterocycles. The van der Waals surface area contributed by atoms with Crippen LogP contribution >= 0.6 is 0 Å². The zero-order chi connectivity index (χ0) is 12.1. The standard InChI is InChI=1S/C16H30/c1-4-7-8-9-10-11-12-13-14-15-16(5-2)6-3/h12-13,16H,1-2,4-11,14-15H2,3H3. The van der Waals surface area contributed by atoms with Crippen molar-refractivity contribution < 1.29 is 0 Å². The molecule has 0 spiro atoms. The van der Waals surface area contributed by atoms with E-state index in [-0.39, 0.29) is 0 Å². The first kappa shape index (κ1) is 15.7. The van der Waals surface area contributed by atoms with E-state index >= 15 is 0 Å². The maximum Gasteiger partial charge on any atom is -0.0348 e. The van der Waals surface area contributed by atoms with Crippen LogP contribution in [0.15, 0.2) is 12.2 Å². The summed E-state index contributed by atoms with van der Waals surface area (Å²) in [5.74, 6) is 0.835. The Labute approximate surface area is 104 Å². The minimum absolute atomic E-state index is 0.835. The van der Waals surface area contributed by atoms with Crippen molar-refractivity contribution in [2.24, 2.45) is 5.92 Å². The molecule has 0 aromatic carbocycles. The molecule has 0 aliphatic carbocycles. The Morgan fingerprint density at radius 3 is 2.25 bits per heavy atom. The van der Waals surface area contributed by atoms with Crippen molar-refractivity contribution in [3.63, 3.8) is 0 Å². The minimum Gasteiger partial charge on any atom is -0.0885 e. The second-order valence-electron chi connectivity index (χ2n) is 4.67. The van der Waals surface area contributed by atoms with Gasteiger partial charge in [-0.05, 0) is 31.6 Å². The third-order valence-electron chi connectivity index (χ3n) is 3.26. The van der Waals surface area contributed by atoms with E-state index in [9.17, 15) is 0 Å². The Balaban J connectivity index is 3.21. The summed E-state index contributed by atoms with van der Waals surface area (Å²) in [6.07, 6.45) is 17.4. The number of hydrogen-bond acceptors (Lipinski definition) is 0. The highest BCUT2D eigenvalue weighted by atomic mass is 14.1. The fourth-order valence-corrected chi connectivity index (χ4v) is 1.91. The monoisotopic (exact) mass is 222 g/mol. The van der Waals surface area contributed by atoms with Crippen LogP contribution in [0.5, 0.6) is 0 Å². The van der Waals surface area contributed by atoms with Crippen LogP contribution in [0, 0.1) is 19.8 Å². The summed E-state index contributed by atoms with van der Waals surface area (Å²) in [6.45, 7) is 10.1. The Kier molecular flexibility index (Phi) is 12.6. The molecule has 0 aliphatic heterocycles. The average Bonchev–Trinajstić information content (AvgIpc) is 2.32. The number of unbranched alkanes of at least 4 members (excludes halogenated alkanes) is 5. The van der Waals surface area contributed by atoms with Gasteiger partial charge in [-0.15, -0.1) is 0 Å². The van der Waals surface area contributed by atoms with Crippen LogP contribution < -0.4 is 0 Å². The largest absolute Gasteiger partial charge is 0.0885 e. The highest BCUT2D eigenvalue weighted by molar-refractivity contribution is 4.82. The molecule has 1 unspecified atom stereocenters. The Morgan fingerprint density at radius 2 is 1.62 bits per heavy atom. The van der Waals surface area contributed by atoms with Crippen molar-refractivity contribution in [2.75, 3.05) is 0 Å². The molecule has 0 rings (SSSR count). The van der Waals surface area contributed by atoms with Crippen molar-refractivity contribution in [2.45, 2.75) is 71.1 Å². The molecule has 1 atom stereocenters. The normalized spacial score (nSPS) is 11.8. The topological polar surface area (TPSA) is 0 Å². The maximum atomic E-state index is 3.98. The van der Waals surface area contributed by atoms with Gasteiger partial charge >= 0.3 is 0 Å². The van der Waals surface area contributed by atoms with Gasteiger partial charge in [0.05, 0.1) is 0 Å². The van der Waals surface area contributed by atoms with E-state index in [2.05, 4.69) is 32.9 Å². The Bertz CT molecular complexity index is 142. The quantitative estimate of drug-likeness (QED) is 0.308. The zero-order valence-corrected chi connectivity index (χ0v) is 11.2. The second kappa shape index (κ2) is 12.8. The lowest BCUT2D eigenvalue weighted by Gasteiger charge is -2.09. The fourth-order valence-electron chi connectivity index (χ4n) is 1.91. The molecule has 0 aromatic rings. The van der Waals surface area contributed by atoms with Crippen LogP contribution in [-0.4, -0.2) is 0 Å². The van der Waals surface area contributed by atoms with Crippen LogP contribution in [0.1, 0.15) is 71.1 Å². The molecule has 16 heavy (non-hydrogen) atoms. The molecule has 0 N–H and O–H groups in total. The molecule has 2 radical (unpaired) electrons. The van der Waals surface area contributed by atoms with E-state index in [0.29, 0.717) is 0 Å². The average molecular weight is 222 g/mol. The van der Waals surface area contributed by atoms with E-state index in [0.717, 1.165) is 18.8 Å². The van der Waals surface area contributed by atoms with Gasteiger partial charge in [0.2, 0.25) is 0 Å². The summed E-state index contributed by atoms with van der Waals surface area (Å²) >= 11 is 0. The van der Waals surface area contributed by atoms with Crippen LogP contribution in [0.25, 0.3) is 0 Å². The third kappa shape index (κ3) is 10.3. The molecule has 0 saturated heterocycles. The van der Waals surface area contributed by atoms with Gasteiger partial charge in [0, 0.05) is 0 Å². The predicted molar refractivity (Wildman–Crippen MR) is 75.2 cm³/mol. The van der Waals surface area contributed by atoms with Crippen molar-refractivity contribution >= 4 is 0 Å². The summed E-state index contributed by atoms with van der Waals surface area (Å²) in [5, 5.41) is 0. The van der Waals surface area contributed by atoms with E-state index in [1.54, 1.807) is 0 Å². The predicted octanol–water partition coefficient (Wildman–Crippen LogP) is 5.75. The molecule has 0 amide bonds. The molecule has 0 bridgehead atoms. The molecule has 0 aromatic heterocycles. The minimum atomic E-state index is 0.835. The number of allylic oxidation sites excluding steroid dienone is 2. The van der Waals surface area contributed by atoms with Gasteiger partial charge in [-0.1, -0.05) is 71.4 Å². The van der Waals surface area contributed by atoms with Gasteiger partial charge in [-0.2, -0.15) is 0 Å². The lowest BCUT2D eigenvalue weighted by Crippen LogP contribution is -1.95. The first-order chi connectivity index (χ1) is 7.85. The first-order valence-corrected chi connectivity index (χ1v) is 7.08. The smallest absolute Gasteiger partial charge is 0.0348 e. The summed E-state index contributed by atoms with van der Waals surface area (Å²) in [5.41, 5.74) is 0. The van der Waals surface area contributed by atoms with Crippen LogP contribution in [-0.2, 0) is 0 Å². The fraction of sp³-hybridized carbons (Fsp3) is 0.750. The first-order valence-electron chi connectivity index (χ1n) is 7.08. The Morgan fingerprint density at radius 1 is 0.938 bits per heavy atom. The number of rotatable bonds is 11. The molecule has 94 valence electrons. The zero-order valence-electron chi connectivity index (χ0n) is 11.2. The van der Waals surface area contributed by atoms with Crippen molar-refractivity contribution in [1.82, 2.24) is 0 Å². The van der Waals surface area contributed by atoms with Crippen molar-refractivity contribution in [3.8, 4) is 0 Å². The highest BCUT2D eigenvalue weighted by Gasteiger charge is 2.00. The van der Waals surface area contributed by atoms with Gasteiger partial charge in [-0.25, -0.2) is 0 Å². The molecule has 0 heteroatoms. The molecule has 0 aliphatic rings. The third-order valence-corrected chi connectivity index (χ3v) is 3.26. The molecule has 0 saturated carbocycles. The van der Waals surface area contributed by atoms with Crippen LogP contribution in [0.3, 0.4) is 0 Å². The van der Waals surface area contributed by atoms with Crippen molar-refractivity contribution in [1.29, 1.82) is 0 Å². The molecule has 0 fully saturated rings. The van der Waals surface area contributed by atoms with E-state index in [1.807, 2.05) is 0 Å². The van der Waals surface area contributed by atoms with Crippen molar-refractivity contribution in [3.05, 3.63) is 26.0 Å². The van der Waals surface area contributed by atoms with Gasteiger partial charge in [0.15, 0.2) is 0 Å². The summed E-state index contributed by atoms with van der Waals surface area (Å²) < 4.78 is 0. The number of hydrogen-bond donors (Lipinski definition) is 0. The second-order valence-corrected chi connectivity index (χ2v) is 4.67. The Hall–Kier alpha value is -0.260. The molecule has 0 nitrogen and oxygen atoms in total. The summed E-state index contributed by atoms with van der Waals surface area (Å²) in [4.78, 5) is 0. The van der Waals surface area contributed by atoms with E-state index in [4.69, 9.17) is 0 Å². The lowest BCUT2D eigenvalue weighted by atomic mass is 9.97. The van der Waals surface area contributed by atoms with Gasteiger partial charge in [0.25, 0.3) is 0 Å². The van der Waals surface area contributed by atoms with Gasteiger partial charge in [0.1, 0.15) is 0 Å². The van der Waals surface area contributed by atoms with E-state index in [1.165, 1.54) is 51.4 Å². The van der Waals surface area contributed by atoms with Gasteiger partial charge < -0.3 is 0 Å². The highest BCUT2D eigenvalue weighted by Crippen LogP contribution is 2.14. The molecular weight excluding hydrogens is 192 g/mol. The van der Waals surface area contributed by atoms with Crippen LogP contribution in [0.4, 0.5) is 0 Å². The lowest BCUT2D eigenvalue weighted by molar-refractivity contribution is 0.479. The molecular formula is C16H30. The summed E-state index contributed by atoms with van der Waals surface area (Å²) in [7, 11) is 0. The maximum absolute atomic E-state index is 3.98. The van der Waals surface area contributed by atoms with Crippen LogP contribution in [0.2, 0.25) is 0 Å². The SMILES string of the molecule is [CH2]CCCCCCC=CCCC(C[CH2])CC. The summed E-state index contributed by atoms with van der Waals surface area (Å²) in [6, 6.07) is 0. The van der Waals surface area contributed by atoms with E-state index < -0.39 is 0 Å². The van der Waals surface area contributed by atoms with Gasteiger partial charge in [-0.3, -0.25) is 0 Å².